The van der Waals surface area contributed by atoms with Gasteiger partial charge < -0.3 is 9.47 Å². The minimum Gasteiger partial charge on any atom is -0.445 e. The number of ketones is 1. The molecule has 19 heavy (non-hydrogen) atoms. The van der Waals surface area contributed by atoms with E-state index in [1.807, 2.05) is 0 Å². The van der Waals surface area contributed by atoms with E-state index >= 15 is 0 Å². The van der Waals surface area contributed by atoms with E-state index in [4.69, 9.17) is 9.47 Å². The molecule has 1 rings (SSSR count). The molecule has 1 unspecified atom stereocenters. The molecule has 1 amide bonds. The number of amides is 1. The summed E-state index contributed by atoms with van der Waals surface area (Å²) in [4.78, 5) is 25.3. The number of Topliss-reactive ketones (excluding diaryl/α,β-unsaturated/α-hetero) is 1. The lowest BCUT2D eigenvalue weighted by atomic mass is 9.93. The number of carbonyl (C=O) groups is 2. The van der Waals surface area contributed by atoms with Crippen LogP contribution in [0.3, 0.4) is 0 Å². The predicted octanol–water partition coefficient (Wildman–Crippen LogP) is 2.49. The van der Waals surface area contributed by atoms with Crippen LogP contribution in [0, 0.1) is 0 Å². The number of piperidine rings is 1. The largest absolute Gasteiger partial charge is 0.445 e. The van der Waals surface area contributed by atoms with Crippen LogP contribution in [-0.4, -0.2) is 48.1 Å². The third kappa shape index (κ3) is 4.04. The average molecular weight is 334 g/mol. The molecule has 1 heterocycles. The van der Waals surface area contributed by atoms with Gasteiger partial charge >= 0.3 is 6.09 Å². The summed E-state index contributed by atoms with van der Waals surface area (Å²) in [6, 6.07) is 0. The van der Waals surface area contributed by atoms with Gasteiger partial charge in [-0.15, -0.1) is 0 Å². The predicted molar refractivity (Wildman–Crippen MR) is 75.3 cm³/mol. The summed E-state index contributed by atoms with van der Waals surface area (Å²) in [5.74, 6) is 0.00488. The Morgan fingerprint density at radius 2 is 2.21 bits per heavy atom. The van der Waals surface area contributed by atoms with Gasteiger partial charge in [-0.2, -0.15) is 0 Å². The van der Waals surface area contributed by atoms with Crippen LogP contribution in [0.4, 0.5) is 4.79 Å². The zero-order chi connectivity index (χ0) is 14.3. The van der Waals surface area contributed by atoms with E-state index in [-0.39, 0.29) is 24.1 Å². The Balaban J connectivity index is 2.85. The van der Waals surface area contributed by atoms with E-state index < -0.39 is 11.8 Å². The molecule has 0 aromatic heterocycles. The highest BCUT2D eigenvalue weighted by atomic mass is 79.9. The van der Waals surface area contributed by atoms with E-state index in [9.17, 15) is 9.59 Å². The van der Waals surface area contributed by atoms with Crippen molar-refractivity contribution in [3.63, 3.8) is 0 Å². The summed E-state index contributed by atoms with van der Waals surface area (Å²) in [5, 5.41) is 0.258. The molecule has 0 radical (unpaired) electrons. The maximum absolute atomic E-state index is 12.1. The molecular weight excluding hydrogens is 314 g/mol. The highest BCUT2D eigenvalue weighted by Crippen LogP contribution is 2.33. The number of rotatable bonds is 6. The van der Waals surface area contributed by atoms with Crippen LogP contribution in [0.25, 0.3) is 0 Å². The highest BCUT2D eigenvalue weighted by Gasteiger charge is 2.44. The highest BCUT2D eigenvalue weighted by molar-refractivity contribution is 9.09. The standard InChI is InChI=1S/C13H20BrNO4/c1-3-8-19-12(17)15-7-5-4-6-13(15,18-2)9-11(16)10-14/h3H,1,4-10H2,2H3. The fraction of sp³-hybridized carbons (Fsp3) is 0.692. The Kier molecular flexibility index (Phi) is 6.51. The van der Waals surface area contributed by atoms with Gasteiger partial charge in [-0.1, -0.05) is 28.6 Å². The van der Waals surface area contributed by atoms with Gasteiger partial charge in [-0.3, -0.25) is 9.69 Å². The summed E-state index contributed by atoms with van der Waals surface area (Å²) < 4.78 is 10.6. The summed E-state index contributed by atoms with van der Waals surface area (Å²) >= 11 is 3.14. The maximum Gasteiger partial charge on any atom is 0.412 e. The van der Waals surface area contributed by atoms with Crippen molar-refractivity contribution in [2.45, 2.75) is 31.4 Å². The maximum atomic E-state index is 12.1. The molecule has 0 aromatic rings. The van der Waals surface area contributed by atoms with Crippen molar-refractivity contribution in [3.05, 3.63) is 12.7 Å². The van der Waals surface area contributed by atoms with Crippen LogP contribution in [0.5, 0.6) is 0 Å². The van der Waals surface area contributed by atoms with Crippen LogP contribution >= 0.6 is 15.9 Å². The third-order valence-electron chi connectivity index (χ3n) is 3.24. The summed E-state index contributed by atoms with van der Waals surface area (Å²) in [6.45, 7) is 4.20. The van der Waals surface area contributed by atoms with Gasteiger partial charge in [0.25, 0.3) is 0 Å². The molecule has 0 bridgehead atoms. The Bertz CT molecular complexity index is 348. The zero-order valence-electron chi connectivity index (χ0n) is 11.2. The third-order valence-corrected chi connectivity index (χ3v) is 3.86. The van der Waals surface area contributed by atoms with E-state index in [2.05, 4.69) is 22.5 Å². The number of carbonyl (C=O) groups excluding carboxylic acids is 2. The van der Waals surface area contributed by atoms with Gasteiger partial charge in [-0.25, -0.2) is 4.79 Å². The van der Waals surface area contributed by atoms with Crippen molar-refractivity contribution in [3.8, 4) is 0 Å². The van der Waals surface area contributed by atoms with E-state index in [1.165, 1.54) is 18.1 Å². The molecule has 0 aliphatic carbocycles. The topological polar surface area (TPSA) is 55.8 Å². The SMILES string of the molecule is C=CCOC(=O)N1CCCCC1(CC(=O)CBr)OC. The number of ether oxygens (including phenoxy) is 2. The second kappa shape index (κ2) is 7.65. The first-order valence-electron chi connectivity index (χ1n) is 6.27. The van der Waals surface area contributed by atoms with Crippen molar-refractivity contribution in [1.29, 1.82) is 0 Å². The summed E-state index contributed by atoms with van der Waals surface area (Å²) in [7, 11) is 1.53. The van der Waals surface area contributed by atoms with Crippen LogP contribution < -0.4 is 0 Å². The van der Waals surface area contributed by atoms with Gasteiger partial charge in [-0.05, 0) is 19.3 Å². The fourth-order valence-corrected chi connectivity index (χ4v) is 2.50. The number of hydrogen-bond acceptors (Lipinski definition) is 4. The molecular formula is C13H20BrNO4. The van der Waals surface area contributed by atoms with E-state index in [1.54, 1.807) is 0 Å². The lowest BCUT2D eigenvalue weighted by Crippen LogP contribution is -2.57. The Morgan fingerprint density at radius 1 is 1.47 bits per heavy atom. The number of alkyl halides is 1. The van der Waals surface area contributed by atoms with Crippen LogP contribution in [-0.2, 0) is 14.3 Å². The first-order valence-corrected chi connectivity index (χ1v) is 7.40. The van der Waals surface area contributed by atoms with Crippen molar-refractivity contribution in [2.75, 3.05) is 25.6 Å². The molecule has 1 aliphatic heterocycles. The van der Waals surface area contributed by atoms with E-state index in [0.29, 0.717) is 13.0 Å². The zero-order valence-corrected chi connectivity index (χ0v) is 12.8. The van der Waals surface area contributed by atoms with Crippen molar-refractivity contribution >= 4 is 27.8 Å². The van der Waals surface area contributed by atoms with Crippen molar-refractivity contribution < 1.29 is 19.1 Å². The molecule has 1 aliphatic rings. The monoisotopic (exact) mass is 333 g/mol. The van der Waals surface area contributed by atoms with Crippen molar-refractivity contribution in [2.24, 2.45) is 0 Å². The molecule has 0 aromatic carbocycles. The van der Waals surface area contributed by atoms with Crippen LogP contribution in [0.2, 0.25) is 0 Å². The average Bonchev–Trinajstić information content (AvgIpc) is 2.44. The molecule has 1 fully saturated rings. The van der Waals surface area contributed by atoms with Gasteiger partial charge in [0.15, 0.2) is 5.72 Å². The number of halogens is 1. The van der Waals surface area contributed by atoms with Crippen LogP contribution in [0.15, 0.2) is 12.7 Å². The van der Waals surface area contributed by atoms with Gasteiger partial charge in [0.1, 0.15) is 12.4 Å². The molecule has 5 nitrogen and oxygen atoms in total. The smallest absolute Gasteiger partial charge is 0.412 e. The first kappa shape index (κ1) is 16.2. The summed E-state index contributed by atoms with van der Waals surface area (Å²) in [6.07, 6.45) is 3.69. The molecule has 1 atom stereocenters. The fourth-order valence-electron chi connectivity index (χ4n) is 2.30. The minimum atomic E-state index is -0.874. The lowest BCUT2D eigenvalue weighted by Gasteiger charge is -2.44. The van der Waals surface area contributed by atoms with Gasteiger partial charge in [0, 0.05) is 13.7 Å². The number of likely N-dealkylation sites (tertiary alicyclic amines) is 1. The first-order chi connectivity index (χ1) is 9.09. The normalized spacial score (nSPS) is 22.9. The number of hydrogen-bond donors (Lipinski definition) is 0. The second-order valence-corrected chi connectivity index (χ2v) is 5.03. The lowest BCUT2D eigenvalue weighted by molar-refractivity contribution is -0.156. The molecule has 1 saturated heterocycles. The minimum absolute atomic E-state index is 0.00488. The van der Waals surface area contributed by atoms with Gasteiger partial charge in [0.05, 0.1) is 11.8 Å². The van der Waals surface area contributed by atoms with Gasteiger partial charge in [0.2, 0.25) is 0 Å². The Hall–Kier alpha value is -0.880. The van der Waals surface area contributed by atoms with Crippen LogP contribution in [0.1, 0.15) is 25.7 Å². The molecule has 0 N–H and O–H groups in total. The Labute approximate surface area is 122 Å². The quantitative estimate of drug-likeness (QED) is 0.553. The number of nitrogens with zero attached hydrogens (tertiary/aromatic N) is 1. The van der Waals surface area contributed by atoms with E-state index in [0.717, 1.165) is 12.8 Å². The van der Waals surface area contributed by atoms with Crippen molar-refractivity contribution in [1.82, 2.24) is 4.90 Å². The second-order valence-electron chi connectivity index (χ2n) is 4.47. The Morgan fingerprint density at radius 3 is 2.79 bits per heavy atom. The number of methoxy groups -OCH3 is 1. The molecule has 0 saturated carbocycles. The molecule has 0 spiro atoms. The summed E-state index contributed by atoms with van der Waals surface area (Å²) in [5.41, 5.74) is -0.874. The molecule has 6 heteroatoms. The molecule has 108 valence electrons.